The molecule has 4 aromatic rings. The van der Waals surface area contributed by atoms with Gasteiger partial charge in [-0.3, -0.25) is 14.3 Å². The summed E-state index contributed by atoms with van der Waals surface area (Å²) in [7, 11) is 0. The molecule has 0 spiro atoms. The largest absolute Gasteiger partial charge is 0.325 e. The van der Waals surface area contributed by atoms with Crippen LogP contribution in [0.2, 0.25) is 5.02 Å². The Bertz CT molecular complexity index is 1320. The number of pyridine rings is 1. The highest BCUT2D eigenvalue weighted by Gasteiger charge is 2.18. The number of carbonyl (C=O) groups is 1. The Morgan fingerprint density at radius 2 is 1.94 bits per heavy atom. The van der Waals surface area contributed by atoms with Gasteiger partial charge >= 0.3 is 0 Å². The van der Waals surface area contributed by atoms with Gasteiger partial charge in [0.15, 0.2) is 11.0 Å². The number of anilines is 1. The van der Waals surface area contributed by atoms with Crippen molar-refractivity contribution in [2.75, 3.05) is 11.1 Å². The highest BCUT2D eigenvalue weighted by Crippen LogP contribution is 2.29. The van der Waals surface area contributed by atoms with Gasteiger partial charge in [0.25, 0.3) is 0 Å². The van der Waals surface area contributed by atoms with Crippen molar-refractivity contribution in [3.8, 4) is 23.1 Å². The Morgan fingerprint density at radius 1 is 1.16 bits per heavy atom. The monoisotopic (exact) mass is 460 g/mol. The Labute approximate surface area is 194 Å². The van der Waals surface area contributed by atoms with Crippen molar-refractivity contribution in [1.82, 2.24) is 19.7 Å². The first kappa shape index (κ1) is 21.6. The number of nitrogens with zero attached hydrogens (tertiary/aromatic N) is 5. The number of para-hydroxylation sites is 1. The Balaban J connectivity index is 1.58. The normalized spacial score (nSPS) is 10.5. The fraction of sp³-hybridized carbons (Fsp3) is 0.0870. The van der Waals surface area contributed by atoms with Gasteiger partial charge in [0, 0.05) is 23.6 Å². The second kappa shape index (κ2) is 9.64. The number of aryl methyl sites for hydroxylation is 1. The van der Waals surface area contributed by atoms with Gasteiger partial charge in [-0.05, 0) is 48.9 Å². The van der Waals surface area contributed by atoms with E-state index in [-0.39, 0.29) is 11.7 Å². The molecule has 4 rings (SSSR count). The third-order valence-corrected chi connectivity index (χ3v) is 5.88. The zero-order chi connectivity index (χ0) is 22.5. The van der Waals surface area contributed by atoms with E-state index in [1.165, 1.54) is 11.8 Å². The van der Waals surface area contributed by atoms with Gasteiger partial charge in [0.05, 0.1) is 22.0 Å². The molecule has 0 aliphatic rings. The lowest BCUT2D eigenvalue weighted by molar-refractivity contribution is -0.113. The molecule has 2 aromatic heterocycles. The molecule has 0 aliphatic carbocycles. The fourth-order valence-corrected chi connectivity index (χ4v) is 4.06. The molecule has 0 saturated heterocycles. The minimum atomic E-state index is -0.222. The van der Waals surface area contributed by atoms with Crippen LogP contribution in [-0.2, 0) is 4.79 Å². The minimum Gasteiger partial charge on any atom is -0.325 e. The quantitative estimate of drug-likeness (QED) is 0.411. The molecule has 0 bridgehead atoms. The molecule has 32 heavy (non-hydrogen) atoms. The van der Waals surface area contributed by atoms with Crippen LogP contribution in [0.1, 0.15) is 11.1 Å². The highest BCUT2D eigenvalue weighted by molar-refractivity contribution is 7.99. The maximum Gasteiger partial charge on any atom is 0.234 e. The summed E-state index contributed by atoms with van der Waals surface area (Å²) in [5.74, 6) is 0.571. The first-order valence-corrected chi connectivity index (χ1v) is 11.0. The smallest absolute Gasteiger partial charge is 0.234 e. The van der Waals surface area contributed by atoms with E-state index in [1.54, 1.807) is 30.6 Å². The van der Waals surface area contributed by atoms with Crippen LogP contribution >= 0.6 is 23.4 Å². The molecule has 0 aliphatic heterocycles. The number of nitriles is 1. The molecule has 0 saturated carbocycles. The lowest BCUT2D eigenvalue weighted by Crippen LogP contribution is -2.14. The third kappa shape index (κ3) is 4.64. The number of aromatic nitrogens is 4. The van der Waals surface area contributed by atoms with Crippen molar-refractivity contribution in [3.63, 3.8) is 0 Å². The van der Waals surface area contributed by atoms with Gasteiger partial charge < -0.3 is 5.32 Å². The van der Waals surface area contributed by atoms with E-state index in [1.807, 2.05) is 54.0 Å². The number of hydrogen-bond acceptors (Lipinski definition) is 6. The van der Waals surface area contributed by atoms with E-state index in [4.69, 9.17) is 16.9 Å². The molecule has 0 unspecified atom stereocenters. The van der Waals surface area contributed by atoms with Crippen LogP contribution < -0.4 is 5.32 Å². The van der Waals surface area contributed by atoms with Crippen molar-refractivity contribution >= 4 is 35.0 Å². The van der Waals surface area contributed by atoms with E-state index >= 15 is 0 Å². The number of nitrogens with one attached hydrogen (secondary N) is 1. The highest BCUT2D eigenvalue weighted by atomic mass is 35.5. The van der Waals surface area contributed by atoms with E-state index < -0.39 is 0 Å². The molecule has 7 nitrogen and oxygen atoms in total. The van der Waals surface area contributed by atoms with Crippen LogP contribution in [0.5, 0.6) is 0 Å². The predicted molar refractivity (Wildman–Crippen MR) is 125 cm³/mol. The lowest BCUT2D eigenvalue weighted by atomic mass is 10.2. The summed E-state index contributed by atoms with van der Waals surface area (Å²) in [5, 5.41) is 21.4. The molecule has 1 amide bonds. The van der Waals surface area contributed by atoms with Crippen LogP contribution in [0, 0.1) is 18.3 Å². The summed E-state index contributed by atoms with van der Waals surface area (Å²) in [6.07, 6.45) is 3.41. The SMILES string of the molecule is Cc1ccccc1-n1c(SCC(=O)Nc2ccc(C#N)c(Cl)c2)nnc1-c1ccncc1. The Morgan fingerprint density at radius 3 is 2.66 bits per heavy atom. The maximum absolute atomic E-state index is 12.5. The van der Waals surface area contributed by atoms with Crippen LogP contribution in [0.3, 0.4) is 0 Å². The van der Waals surface area contributed by atoms with Crippen molar-refractivity contribution in [2.45, 2.75) is 12.1 Å². The van der Waals surface area contributed by atoms with Crippen LogP contribution in [0.25, 0.3) is 17.1 Å². The van der Waals surface area contributed by atoms with E-state index in [2.05, 4.69) is 20.5 Å². The molecule has 158 valence electrons. The van der Waals surface area contributed by atoms with Gasteiger partial charge in [-0.25, -0.2) is 0 Å². The first-order chi connectivity index (χ1) is 15.6. The van der Waals surface area contributed by atoms with Crippen molar-refractivity contribution < 1.29 is 4.79 Å². The van der Waals surface area contributed by atoms with Gasteiger partial charge in [0.2, 0.25) is 5.91 Å². The molecular weight excluding hydrogens is 444 g/mol. The lowest BCUT2D eigenvalue weighted by Gasteiger charge is -2.13. The van der Waals surface area contributed by atoms with Crippen LogP contribution in [0.15, 0.2) is 72.1 Å². The van der Waals surface area contributed by atoms with Crippen molar-refractivity contribution in [2.24, 2.45) is 0 Å². The minimum absolute atomic E-state index is 0.123. The number of hydrogen-bond donors (Lipinski definition) is 1. The molecule has 2 aromatic carbocycles. The van der Waals surface area contributed by atoms with Crippen LogP contribution in [-0.4, -0.2) is 31.4 Å². The number of halogens is 1. The summed E-state index contributed by atoms with van der Waals surface area (Å²) in [5.41, 5.74) is 3.75. The summed E-state index contributed by atoms with van der Waals surface area (Å²) in [4.78, 5) is 16.6. The second-order valence-corrected chi connectivity index (χ2v) is 8.16. The topological polar surface area (TPSA) is 96.5 Å². The molecule has 0 radical (unpaired) electrons. The summed E-state index contributed by atoms with van der Waals surface area (Å²) < 4.78 is 1.95. The molecule has 2 heterocycles. The zero-order valence-corrected chi connectivity index (χ0v) is 18.6. The molecule has 9 heteroatoms. The molecule has 1 N–H and O–H groups in total. The number of carbonyl (C=O) groups excluding carboxylic acids is 1. The summed E-state index contributed by atoms with van der Waals surface area (Å²) in [6, 6.07) is 18.4. The number of rotatable bonds is 6. The van der Waals surface area contributed by atoms with Crippen molar-refractivity contribution in [3.05, 3.63) is 83.1 Å². The van der Waals surface area contributed by atoms with Crippen LogP contribution in [0.4, 0.5) is 5.69 Å². The van der Waals surface area contributed by atoms with Gasteiger partial charge in [0.1, 0.15) is 6.07 Å². The number of benzene rings is 2. The predicted octanol–water partition coefficient (Wildman–Crippen LogP) is 4.89. The standard InChI is InChI=1S/C23H17ClN6OS/c1-15-4-2-3-5-20(15)30-22(16-8-10-26-11-9-16)28-29-23(30)32-14-21(31)27-18-7-6-17(13-25)19(24)12-18/h2-12H,14H2,1H3,(H,27,31). The molecule has 0 fully saturated rings. The Kier molecular flexibility index (Phi) is 6.50. The number of amides is 1. The molecular formula is C23H17ClN6OS. The van der Waals surface area contributed by atoms with Gasteiger partial charge in [-0.1, -0.05) is 41.6 Å². The van der Waals surface area contributed by atoms with Crippen molar-refractivity contribution in [1.29, 1.82) is 5.26 Å². The molecule has 0 atom stereocenters. The average Bonchev–Trinajstić information content (AvgIpc) is 3.22. The Hall–Kier alpha value is -3.67. The van der Waals surface area contributed by atoms with Gasteiger partial charge in [-0.2, -0.15) is 5.26 Å². The van der Waals surface area contributed by atoms with Gasteiger partial charge in [-0.15, -0.1) is 10.2 Å². The summed E-state index contributed by atoms with van der Waals surface area (Å²) in [6.45, 7) is 2.02. The zero-order valence-electron chi connectivity index (χ0n) is 17.0. The average molecular weight is 461 g/mol. The summed E-state index contributed by atoms with van der Waals surface area (Å²) >= 11 is 7.33. The van der Waals surface area contributed by atoms with E-state index in [0.29, 0.717) is 27.3 Å². The van der Waals surface area contributed by atoms with E-state index in [0.717, 1.165) is 16.8 Å². The fourth-order valence-electron chi connectivity index (χ4n) is 3.09. The number of thioether (sulfide) groups is 1. The maximum atomic E-state index is 12.5. The second-order valence-electron chi connectivity index (χ2n) is 6.81. The third-order valence-electron chi connectivity index (χ3n) is 4.63. The first-order valence-electron chi connectivity index (χ1n) is 9.61. The van der Waals surface area contributed by atoms with E-state index in [9.17, 15) is 4.79 Å².